The molecule has 0 atom stereocenters. The molecule has 3 rings (SSSR count). The van der Waals surface area contributed by atoms with Crippen LogP contribution in [-0.2, 0) is 19.3 Å². The summed E-state index contributed by atoms with van der Waals surface area (Å²) in [5.41, 5.74) is 5.57. The van der Waals surface area contributed by atoms with E-state index in [1.807, 2.05) is 11.3 Å². The highest BCUT2D eigenvalue weighted by Crippen LogP contribution is 2.22. The van der Waals surface area contributed by atoms with E-state index in [1.165, 1.54) is 78.5 Å². The first-order valence-corrected chi connectivity index (χ1v) is 10.9. The molecule has 1 heterocycles. The molecule has 1 aromatic heterocycles. The average molecular weight is 363 g/mol. The molecule has 1 heteroatoms. The molecular formula is C25H30S. The van der Waals surface area contributed by atoms with Gasteiger partial charge in [0.1, 0.15) is 0 Å². The fraction of sp³-hybridized carbons (Fsp3) is 0.360. The van der Waals surface area contributed by atoms with Gasteiger partial charge in [0, 0.05) is 4.88 Å². The van der Waals surface area contributed by atoms with Gasteiger partial charge >= 0.3 is 0 Å². The zero-order valence-electron chi connectivity index (χ0n) is 15.9. The smallest absolute Gasteiger partial charge is 0.00452 e. The molecule has 0 N–H and O–H groups in total. The molecule has 0 aliphatic carbocycles. The summed E-state index contributed by atoms with van der Waals surface area (Å²) >= 11 is 1.87. The van der Waals surface area contributed by atoms with Crippen molar-refractivity contribution in [3.63, 3.8) is 0 Å². The van der Waals surface area contributed by atoms with Crippen molar-refractivity contribution in [1.82, 2.24) is 0 Å². The zero-order chi connectivity index (χ0) is 18.0. The molecule has 136 valence electrons. The first kappa shape index (κ1) is 18.9. The number of rotatable bonds is 10. The third-order valence-electron chi connectivity index (χ3n) is 5.03. The zero-order valence-corrected chi connectivity index (χ0v) is 16.7. The summed E-state index contributed by atoms with van der Waals surface area (Å²) in [4.78, 5) is 1.51. The SMILES string of the molecule is CCCCCc1ccc(-c2ccc(CCCCc3cccs3)cc2)cc1. The molecule has 0 unspecified atom stereocenters. The largest absolute Gasteiger partial charge is 0.149 e. The van der Waals surface area contributed by atoms with Crippen LogP contribution in [0.2, 0.25) is 0 Å². The highest BCUT2D eigenvalue weighted by atomic mass is 32.1. The lowest BCUT2D eigenvalue weighted by Crippen LogP contribution is -1.89. The van der Waals surface area contributed by atoms with Crippen LogP contribution >= 0.6 is 11.3 Å². The van der Waals surface area contributed by atoms with Gasteiger partial charge in [0.25, 0.3) is 0 Å². The van der Waals surface area contributed by atoms with E-state index in [1.54, 1.807) is 0 Å². The molecule has 0 aliphatic rings. The monoisotopic (exact) mass is 362 g/mol. The highest BCUT2D eigenvalue weighted by Gasteiger charge is 2.01. The van der Waals surface area contributed by atoms with Gasteiger partial charge in [-0.05, 0) is 72.2 Å². The van der Waals surface area contributed by atoms with Crippen LogP contribution in [0.15, 0.2) is 66.0 Å². The quantitative estimate of drug-likeness (QED) is 0.324. The van der Waals surface area contributed by atoms with Crippen LogP contribution in [0.1, 0.15) is 55.0 Å². The Morgan fingerprint density at radius 2 is 1.15 bits per heavy atom. The lowest BCUT2D eigenvalue weighted by Gasteiger charge is -2.06. The van der Waals surface area contributed by atoms with E-state index in [0.717, 1.165) is 0 Å². The van der Waals surface area contributed by atoms with E-state index in [-0.39, 0.29) is 0 Å². The maximum atomic E-state index is 2.30. The number of thiophene rings is 1. The maximum Gasteiger partial charge on any atom is 0.00452 e. The second-order valence-electron chi connectivity index (χ2n) is 7.14. The predicted octanol–water partition coefficient (Wildman–Crippen LogP) is 7.71. The van der Waals surface area contributed by atoms with Crippen LogP contribution in [0.5, 0.6) is 0 Å². The van der Waals surface area contributed by atoms with Gasteiger partial charge < -0.3 is 0 Å². The van der Waals surface area contributed by atoms with Crippen molar-refractivity contribution < 1.29 is 0 Å². The van der Waals surface area contributed by atoms with Crippen LogP contribution in [0.4, 0.5) is 0 Å². The van der Waals surface area contributed by atoms with Gasteiger partial charge in [-0.25, -0.2) is 0 Å². The molecule has 0 saturated heterocycles. The van der Waals surface area contributed by atoms with Gasteiger partial charge in [-0.1, -0.05) is 74.4 Å². The van der Waals surface area contributed by atoms with Crippen molar-refractivity contribution in [1.29, 1.82) is 0 Å². The summed E-state index contributed by atoms with van der Waals surface area (Å²) in [6.07, 6.45) is 10.1. The highest BCUT2D eigenvalue weighted by molar-refractivity contribution is 7.09. The Bertz CT molecular complexity index is 736. The number of benzene rings is 2. The molecule has 0 radical (unpaired) electrons. The molecule has 0 aliphatic heterocycles. The molecule has 3 aromatic rings. The van der Waals surface area contributed by atoms with E-state index in [9.17, 15) is 0 Å². The number of unbranched alkanes of at least 4 members (excludes halogenated alkanes) is 3. The van der Waals surface area contributed by atoms with Crippen LogP contribution in [0.25, 0.3) is 11.1 Å². The summed E-state index contributed by atoms with van der Waals surface area (Å²) in [5, 5.41) is 2.17. The van der Waals surface area contributed by atoms with Crippen molar-refractivity contribution >= 4 is 11.3 Å². The van der Waals surface area contributed by atoms with Crippen molar-refractivity contribution in [3.8, 4) is 11.1 Å². The summed E-state index contributed by atoms with van der Waals surface area (Å²) in [6, 6.07) is 22.7. The van der Waals surface area contributed by atoms with E-state index in [4.69, 9.17) is 0 Å². The van der Waals surface area contributed by atoms with Crippen molar-refractivity contribution in [2.75, 3.05) is 0 Å². The molecule has 0 spiro atoms. The van der Waals surface area contributed by atoms with Gasteiger partial charge in [0.05, 0.1) is 0 Å². The average Bonchev–Trinajstić information content (AvgIpc) is 3.20. The Labute approximate surface area is 162 Å². The number of aryl methyl sites for hydroxylation is 3. The molecule has 26 heavy (non-hydrogen) atoms. The van der Waals surface area contributed by atoms with E-state index in [0.29, 0.717) is 0 Å². The molecule has 0 bridgehead atoms. The normalized spacial score (nSPS) is 11.0. The minimum absolute atomic E-state index is 1.18. The first-order chi connectivity index (χ1) is 12.8. The second-order valence-corrected chi connectivity index (χ2v) is 8.17. The Kier molecular flexibility index (Phi) is 7.51. The molecule has 0 saturated carbocycles. The lowest BCUT2D eigenvalue weighted by atomic mass is 9.99. The van der Waals surface area contributed by atoms with E-state index < -0.39 is 0 Å². The molecule has 0 amide bonds. The standard InChI is InChI=1S/C25H30S/c1-2-3-4-8-21-12-16-23(17-13-21)24-18-14-22(15-19-24)9-5-6-10-25-11-7-20-26-25/h7,11-20H,2-6,8-10H2,1H3. The predicted molar refractivity (Wildman–Crippen MR) is 116 cm³/mol. The minimum atomic E-state index is 1.18. The second kappa shape index (κ2) is 10.3. The summed E-state index contributed by atoms with van der Waals surface area (Å²) in [5.74, 6) is 0. The fourth-order valence-corrected chi connectivity index (χ4v) is 4.14. The number of hydrogen-bond donors (Lipinski definition) is 0. The number of hydrogen-bond acceptors (Lipinski definition) is 1. The molecular weight excluding hydrogens is 332 g/mol. The van der Waals surface area contributed by atoms with Crippen LogP contribution in [-0.4, -0.2) is 0 Å². The van der Waals surface area contributed by atoms with Gasteiger partial charge in [-0.2, -0.15) is 0 Å². The van der Waals surface area contributed by atoms with Crippen molar-refractivity contribution in [3.05, 3.63) is 82.0 Å². The topological polar surface area (TPSA) is 0 Å². The van der Waals surface area contributed by atoms with E-state index in [2.05, 4.69) is 73.0 Å². The first-order valence-electron chi connectivity index (χ1n) is 10.1. The lowest BCUT2D eigenvalue weighted by molar-refractivity contribution is 0.717. The fourth-order valence-electron chi connectivity index (χ4n) is 3.39. The van der Waals surface area contributed by atoms with Gasteiger partial charge in [0.15, 0.2) is 0 Å². The Morgan fingerprint density at radius 3 is 1.65 bits per heavy atom. The van der Waals surface area contributed by atoms with Crippen molar-refractivity contribution in [2.45, 2.75) is 58.3 Å². The summed E-state index contributed by atoms with van der Waals surface area (Å²) < 4.78 is 0. The minimum Gasteiger partial charge on any atom is -0.149 e. The van der Waals surface area contributed by atoms with Crippen LogP contribution < -0.4 is 0 Å². The molecule has 0 nitrogen and oxygen atoms in total. The third kappa shape index (κ3) is 5.85. The Morgan fingerprint density at radius 1 is 0.615 bits per heavy atom. The Balaban J connectivity index is 1.47. The Hall–Kier alpha value is -1.86. The third-order valence-corrected chi connectivity index (χ3v) is 5.97. The molecule has 0 fully saturated rings. The van der Waals surface area contributed by atoms with Gasteiger partial charge in [-0.15, -0.1) is 11.3 Å². The van der Waals surface area contributed by atoms with Gasteiger partial charge in [-0.3, -0.25) is 0 Å². The van der Waals surface area contributed by atoms with Crippen LogP contribution in [0.3, 0.4) is 0 Å². The summed E-state index contributed by atoms with van der Waals surface area (Å²) in [7, 11) is 0. The van der Waals surface area contributed by atoms with Gasteiger partial charge in [0.2, 0.25) is 0 Å². The van der Waals surface area contributed by atoms with Crippen LogP contribution in [0, 0.1) is 0 Å². The van der Waals surface area contributed by atoms with Crippen molar-refractivity contribution in [2.24, 2.45) is 0 Å². The summed E-state index contributed by atoms with van der Waals surface area (Å²) in [6.45, 7) is 2.26. The maximum absolute atomic E-state index is 2.30. The molecule has 2 aromatic carbocycles. The van der Waals surface area contributed by atoms with E-state index >= 15 is 0 Å².